The van der Waals surface area contributed by atoms with Crippen molar-refractivity contribution in [2.75, 3.05) is 11.9 Å². The van der Waals surface area contributed by atoms with Crippen LogP contribution in [-0.2, 0) is 16.0 Å². The normalized spacial score (nSPS) is 18.9. The molecule has 1 atom stereocenters. The van der Waals surface area contributed by atoms with Gasteiger partial charge in [-0.1, -0.05) is 6.92 Å². The predicted octanol–water partition coefficient (Wildman–Crippen LogP) is 2.65. The number of nitrogens with one attached hydrogen (secondary N) is 1. The number of nitrogens with zero attached hydrogens (tertiary/aromatic N) is 3. The molecule has 21 heavy (non-hydrogen) atoms. The molecule has 0 radical (unpaired) electrons. The van der Waals surface area contributed by atoms with Gasteiger partial charge in [0.25, 0.3) is 0 Å². The highest BCUT2D eigenvalue weighted by atomic mass is 16.5. The maximum Gasteiger partial charge on any atom is 0.222 e. The average Bonchev–Trinajstić information content (AvgIpc) is 2.85. The molecule has 112 valence electrons. The molecule has 1 aliphatic rings. The Balaban J connectivity index is 2.06. The van der Waals surface area contributed by atoms with Gasteiger partial charge >= 0.3 is 0 Å². The van der Waals surface area contributed by atoms with Crippen LogP contribution in [0, 0.1) is 0 Å². The van der Waals surface area contributed by atoms with Gasteiger partial charge in [0.05, 0.1) is 11.2 Å². The summed E-state index contributed by atoms with van der Waals surface area (Å²) < 4.78 is 7.79. The fourth-order valence-electron chi connectivity index (χ4n) is 2.74. The minimum absolute atomic E-state index is 0.0193. The number of hydrogen-bond donors (Lipinski definition) is 1. The summed E-state index contributed by atoms with van der Waals surface area (Å²) in [5.41, 5.74) is 1.98. The Labute approximate surface area is 123 Å². The van der Waals surface area contributed by atoms with Crippen LogP contribution in [0.15, 0.2) is 12.3 Å². The van der Waals surface area contributed by atoms with E-state index >= 15 is 0 Å². The van der Waals surface area contributed by atoms with Crippen LogP contribution in [0.2, 0.25) is 0 Å². The molecule has 2 aromatic rings. The highest BCUT2D eigenvalue weighted by Gasteiger charge is 2.21. The standard InChI is InChI=1S/C15H20N4O2/c1-3-12-11-9-16-14(17-10(2)20)8-13(11)19(18-12)15-6-4-5-7-21-15/h8-9,15H,3-7H2,1-2H3,(H,16,17,20). The van der Waals surface area contributed by atoms with Crippen LogP contribution in [0.3, 0.4) is 0 Å². The maximum atomic E-state index is 11.2. The van der Waals surface area contributed by atoms with E-state index in [1.54, 1.807) is 6.20 Å². The average molecular weight is 288 g/mol. The Kier molecular flexibility index (Phi) is 3.88. The number of anilines is 1. The number of pyridine rings is 1. The van der Waals surface area contributed by atoms with Gasteiger partial charge in [-0.05, 0) is 25.7 Å². The van der Waals surface area contributed by atoms with Crippen LogP contribution in [0.1, 0.15) is 45.0 Å². The van der Waals surface area contributed by atoms with Crippen molar-refractivity contribution >= 4 is 22.6 Å². The Hall–Kier alpha value is -1.95. The highest BCUT2D eigenvalue weighted by molar-refractivity contribution is 5.91. The first-order chi connectivity index (χ1) is 10.2. The van der Waals surface area contributed by atoms with E-state index in [1.807, 2.05) is 10.7 Å². The molecule has 0 saturated carbocycles. The van der Waals surface area contributed by atoms with Crippen LogP contribution >= 0.6 is 0 Å². The predicted molar refractivity (Wildman–Crippen MR) is 80.0 cm³/mol. The van der Waals surface area contributed by atoms with Gasteiger partial charge in [0.1, 0.15) is 5.82 Å². The lowest BCUT2D eigenvalue weighted by Crippen LogP contribution is -2.19. The molecule has 6 heteroatoms. The van der Waals surface area contributed by atoms with Gasteiger partial charge in [-0.3, -0.25) is 4.79 Å². The van der Waals surface area contributed by atoms with Crippen molar-refractivity contribution in [1.29, 1.82) is 0 Å². The van der Waals surface area contributed by atoms with Gasteiger partial charge in [0.15, 0.2) is 6.23 Å². The molecule has 0 bridgehead atoms. The fourth-order valence-corrected chi connectivity index (χ4v) is 2.74. The number of aryl methyl sites for hydroxylation is 1. The number of carbonyl (C=O) groups excluding carboxylic acids is 1. The van der Waals surface area contributed by atoms with Crippen LogP contribution < -0.4 is 5.32 Å². The molecule has 6 nitrogen and oxygen atoms in total. The molecule has 3 heterocycles. The Morgan fingerprint density at radius 3 is 3.05 bits per heavy atom. The van der Waals surface area contributed by atoms with E-state index < -0.39 is 0 Å². The van der Waals surface area contributed by atoms with E-state index in [2.05, 4.69) is 17.2 Å². The topological polar surface area (TPSA) is 69.0 Å². The lowest BCUT2D eigenvalue weighted by Gasteiger charge is -2.23. The quantitative estimate of drug-likeness (QED) is 0.942. The minimum atomic E-state index is -0.127. The number of hydrogen-bond acceptors (Lipinski definition) is 4. The monoisotopic (exact) mass is 288 g/mol. The van der Waals surface area contributed by atoms with E-state index in [9.17, 15) is 4.79 Å². The van der Waals surface area contributed by atoms with Gasteiger partial charge in [0, 0.05) is 31.2 Å². The van der Waals surface area contributed by atoms with Crippen molar-refractivity contribution < 1.29 is 9.53 Å². The van der Waals surface area contributed by atoms with Crippen LogP contribution in [-0.4, -0.2) is 27.3 Å². The van der Waals surface area contributed by atoms with Crippen LogP contribution in [0.4, 0.5) is 5.82 Å². The Bertz CT molecular complexity index is 659. The summed E-state index contributed by atoms with van der Waals surface area (Å²) in [4.78, 5) is 15.5. The van der Waals surface area contributed by atoms with Gasteiger partial charge in [-0.15, -0.1) is 0 Å². The van der Waals surface area contributed by atoms with Crippen LogP contribution in [0.25, 0.3) is 10.9 Å². The molecule has 1 aliphatic heterocycles. The summed E-state index contributed by atoms with van der Waals surface area (Å²) in [6.45, 7) is 4.33. The summed E-state index contributed by atoms with van der Waals surface area (Å²) in [5, 5.41) is 8.44. The molecule has 2 aromatic heterocycles. The van der Waals surface area contributed by atoms with Crippen LogP contribution in [0.5, 0.6) is 0 Å². The SMILES string of the molecule is CCc1nn(C2CCCCO2)c2cc(NC(C)=O)ncc12. The zero-order valence-electron chi connectivity index (χ0n) is 12.4. The van der Waals surface area contributed by atoms with E-state index in [0.29, 0.717) is 5.82 Å². The Morgan fingerprint density at radius 1 is 1.52 bits per heavy atom. The molecule has 1 fully saturated rings. The lowest BCUT2D eigenvalue weighted by molar-refractivity contribution is -0.114. The van der Waals surface area contributed by atoms with Crippen molar-refractivity contribution in [3.63, 3.8) is 0 Å². The van der Waals surface area contributed by atoms with Crippen molar-refractivity contribution in [2.24, 2.45) is 0 Å². The second kappa shape index (κ2) is 5.81. The molecule has 1 saturated heterocycles. The van der Waals surface area contributed by atoms with Crippen molar-refractivity contribution in [3.05, 3.63) is 18.0 Å². The number of rotatable bonds is 3. The molecular weight excluding hydrogens is 268 g/mol. The summed E-state index contributed by atoms with van der Waals surface area (Å²) in [6.07, 6.45) is 5.83. The summed E-state index contributed by atoms with van der Waals surface area (Å²) >= 11 is 0. The largest absolute Gasteiger partial charge is 0.356 e. The smallest absolute Gasteiger partial charge is 0.222 e. The molecular formula is C15H20N4O2. The summed E-state index contributed by atoms with van der Waals surface area (Å²) in [5.74, 6) is 0.423. The zero-order valence-corrected chi connectivity index (χ0v) is 12.4. The third-order valence-corrected chi connectivity index (χ3v) is 3.74. The Morgan fingerprint density at radius 2 is 2.38 bits per heavy atom. The molecule has 1 N–H and O–H groups in total. The minimum Gasteiger partial charge on any atom is -0.356 e. The van der Waals surface area contributed by atoms with Gasteiger partial charge in [-0.25, -0.2) is 9.67 Å². The molecule has 1 unspecified atom stereocenters. The van der Waals surface area contributed by atoms with Crippen molar-refractivity contribution in [1.82, 2.24) is 14.8 Å². The fraction of sp³-hybridized carbons (Fsp3) is 0.533. The number of ether oxygens (including phenoxy) is 1. The van der Waals surface area contributed by atoms with Gasteiger partial charge in [0.2, 0.25) is 5.91 Å². The van der Waals surface area contributed by atoms with Crippen molar-refractivity contribution in [2.45, 2.75) is 45.8 Å². The zero-order chi connectivity index (χ0) is 14.8. The second-order valence-corrected chi connectivity index (χ2v) is 5.33. The molecule has 0 aromatic carbocycles. The third-order valence-electron chi connectivity index (χ3n) is 3.74. The van der Waals surface area contributed by atoms with Crippen molar-refractivity contribution in [3.8, 4) is 0 Å². The van der Waals surface area contributed by atoms with E-state index in [-0.39, 0.29) is 12.1 Å². The molecule has 1 amide bonds. The highest BCUT2D eigenvalue weighted by Crippen LogP contribution is 2.29. The summed E-state index contributed by atoms with van der Waals surface area (Å²) in [6, 6.07) is 1.88. The number of fused-ring (bicyclic) bond motifs is 1. The first-order valence-electron chi connectivity index (χ1n) is 7.45. The number of aromatic nitrogens is 3. The first kappa shape index (κ1) is 14.0. The van der Waals surface area contributed by atoms with Gasteiger partial charge in [-0.2, -0.15) is 5.10 Å². The summed E-state index contributed by atoms with van der Waals surface area (Å²) in [7, 11) is 0. The number of amides is 1. The van der Waals surface area contributed by atoms with E-state index in [0.717, 1.165) is 48.9 Å². The molecule has 0 spiro atoms. The van der Waals surface area contributed by atoms with Gasteiger partial charge < -0.3 is 10.1 Å². The third kappa shape index (κ3) is 2.76. The second-order valence-electron chi connectivity index (χ2n) is 5.33. The van der Waals surface area contributed by atoms with E-state index in [1.165, 1.54) is 6.92 Å². The molecule has 3 rings (SSSR count). The maximum absolute atomic E-state index is 11.2. The first-order valence-corrected chi connectivity index (χ1v) is 7.45. The van der Waals surface area contributed by atoms with E-state index in [4.69, 9.17) is 9.84 Å². The number of carbonyl (C=O) groups is 1. The molecule has 0 aliphatic carbocycles. The lowest BCUT2D eigenvalue weighted by atomic mass is 10.2.